The molecule has 4 rings (SSSR count). The third kappa shape index (κ3) is 4.73. The Morgan fingerprint density at radius 2 is 1.90 bits per heavy atom. The van der Waals surface area contributed by atoms with E-state index in [1.165, 1.54) is 6.42 Å². The van der Waals surface area contributed by atoms with Gasteiger partial charge in [0.25, 0.3) is 5.91 Å². The van der Waals surface area contributed by atoms with E-state index in [0.29, 0.717) is 12.3 Å². The number of fused-ring (bicyclic) bond motifs is 1. The number of benzene rings is 1. The van der Waals surface area contributed by atoms with Gasteiger partial charge in [-0.1, -0.05) is 19.3 Å². The Bertz CT molecular complexity index is 742. The number of ether oxygens (including phenoxy) is 2. The Kier molecular flexibility index (Phi) is 6.35. The van der Waals surface area contributed by atoms with Crippen LogP contribution in [0.2, 0.25) is 0 Å². The number of hydrogen-bond acceptors (Lipinski definition) is 5. The largest absolute Gasteiger partial charge is 0.479 e. The molecule has 0 radical (unpaired) electrons. The topological polar surface area (TPSA) is 71.1 Å². The summed E-state index contributed by atoms with van der Waals surface area (Å²) in [7, 11) is 0. The molecule has 1 aromatic carbocycles. The third-order valence-electron chi connectivity index (χ3n) is 6.16. The molecule has 2 fully saturated rings. The average Bonchev–Trinajstić information content (AvgIpc) is 2.75. The van der Waals surface area contributed by atoms with Crippen molar-refractivity contribution < 1.29 is 19.1 Å². The number of morpholine rings is 1. The van der Waals surface area contributed by atoms with E-state index in [1.54, 1.807) is 6.92 Å². The lowest BCUT2D eigenvalue weighted by atomic mass is 9.88. The highest BCUT2D eigenvalue weighted by atomic mass is 16.5. The van der Waals surface area contributed by atoms with Crippen LogP contribution in [-0.4, -0.2) is 62.2 Å². The van der Waals surface area contributed by atoms with Gasteiger partial charge in [0.2, 0.25) is 5.91 Å². The highest BCUT2D eigenvalue weighted by molar-refractivity contribution is 6.01. The highest BCUT2D eigenvalue weighted by Crippen LogP contribution is 2.36. The van der Waals surface area contributed by atoms with Gasteiger partial charge >= 0.3 is 0 Å². The molecule has 2 heterocycles. The molecule has 29 heavy (non-hydrogen) atoms. The molecule has 2 aliphatic heterocycles. The summed E-state index contributed by atoms with van der Waals surface area (Å²) in [6.45, 7) is 6.48. The second-order valence-electron chi connectivity index (χ2n) is 8.21. The number of hydrogen-bond donors (Lipinski definition) is 1. The fourth-order valence-corrected chi connectivity index (χ4v) is 4.39. The molecule has 1 aliphatic carbocycles. The second-order valence-corrected chi connectivity index (χ2v) is 8.21. The van der Waals surface area contributed by atoms with E-state index in [9.17, 15) is 9.59 Å². The molecule has 3 aliphatic rings. The van der Waals surface area contributed by atoms with Crippen LogP contribution in [0.5, 0.6) is 5.75 Å². The zero-order valence-corrected chi connectivity index (χ0v) is 17.2. The van der Waals surface area contributed by atoms with Crippen molar-refractivity contribution in [3.8, 4) is 5.75 Å². The average molecular weight is 402 g/mol. The smallest absolute Gasteiger partial charge is 0.267 e. The van der Waals surface area contributed by atoms with E-state index < -0.39 is 6.10 Å². The molecule has 1 atom stereocenters. The van der Waals surface area contributed by atoms with Gasteiger partial charge in [-0.15, -0.1) is 0 Å². The minimum atomic E-state index is -0.531. The van der Waals surface area contributed by atoms with Crippen molar-refractivity contribution in [3.05, 3.63) is 18.2 Å². The Morgan fingerprint density at radius 1 is 1.14 bits per heavy atom. The Hall–Kier alpha value is -2.12. The first kappa shape index (κ1) is 20.2. The van der Waals surface area contributed by atoms with E-state index in [2.05, 4.69) is 10.2 Å². The van der Waals surface area contributed by atoms with Crippen LogP contribution in [0.4, 0.5) is 11.4 Å². The van der Waals surface area contributed by atoms with Crippen LogP contribution in [-0.2, 0) is 14.3 Å². The predicted octanol–water partition coefficient (Wildman–Crippen LogP) is 2.65. The lowest BCUT2D eigenvalue weighted by Crippen LogP contribution is -2.48. The normalized spacial score (nSPS) is 23.4. The molecular weight excluding hydrogens is 370 g/mol. The van der Waals surface area contributed by atoms with E-state index in [1.807, 2.05) is 23.1 Å². The Labute approximate surface area is 172 Å². The Morgan fingerprint density at radius 3 is 2.66 bits per heavy atom. The summed E-state index contributed by atoms with van der Waals surface area (Å²) in [5.74, 6) is 0.824. The third-order valence-corrected chi connectivity index (χ3v) is 6.16. The maximum atomic E-state index is 12.7. The van der Waals surface area contributed by atoms with E-state index in [4.69, 9.17) is 9.47 Å². The molecule has 1 N–H and O–H groups in total. The predicted molar refractivity (Wildman–Crippen MR) is 111 cm³/mol. The summed E-state index contributed by atoms with van der Waals surface area (Å²) in [5.41, 5.74) is 1.51. The minimum absolute atomic E-state index is 0.0234. The monoisotopic (exact) mass is 401 g/mol. The number of rotatable bonds is 5. The Balaban J connectivity index is 1.44. The maximum Gasteiger partial charge on any atom is 0.267 e. The number of carbonyl (C=O) groups excluding carboxylic acids is 2. The van der Waals surface area contributed by atoms with Gasteiger partial charge in [-0.05, 0) is 31.9 Å². The summed E-state index contributed by atoms with van der Waals surface area (Å²) in [5, 5.41) is 3.04. The van der Waals surface area contributed by atoms with Gasteiger partial charge in [0, 0.05) is 43.9 Å². The van der Waals surface area contributed by atoms with Crippen molar-refractivity contribution >= 4 is 23.2 Å². The van der Waals surface area contributed by atoms with Crippen molar-refractivity contribution in [2.24, 2.45) is 5.92 Å². The quantitative estimate of drug-likeness (QED) is 0.821. The molecule has 1 saturated heterocycles. The molecule has 0 spiro atoms. The molecule has 0 aromatic heterocycles. The lowest BCUT2D eigenvalue weighted by Gasteiger charge is -2.35. The van der Waals surface area contributed by atoms with Crippen LogP contribution >= 0.6 is 0 Å². The van der Waals surface area contributed by atoms with Crippen LogP contribution in [0.3, 0.4) is 0 Å². The number of anilines is 2. The van der Waals surface area contributed by atoms with Crippen LogP contribution < -0.4 is 15.0 Å². The van der Waals surface area contributed by atoms with Crippen LogP contribution in [0.15, 0.2) is 18.2 Å². The molecule has 7 nitrogen and oxygen atoms in total. The summed E-state index contributed by atoms with van der Waals surface area (Å²) in [4.78, 5) is 29.4. The summed E-state index contributed by atoms with van der Waals surface area (Å²) in [6, 6.07) is 5.60. The standard InChI is InChI=1S/C22H31N3O4/c1-16-22(27)25(10-9-24-11-13-28-14-12-24)19-8-7-18(15-20(19)29-16)23-21(26)17-5-3-2-4-6-17/h7-8,15-17H,2-6,9-14H2,1H3,(H,23,26). The van der Waals surface area contributed by atoms with Gasteiger partial charge in [-0.25, -0.2) is 0 Å². The van der Waals surface area contributed by atoms with E-state index >= 15 is 0 Å². The first-order valence-electron chi connectivity index (χ1n) is 10.8. The molecule has 1 aromatic rings. The molecule has 2 amide bonds. The fraction of sp³-hybridized carbons (Fsp3) is 0.636. The van der Waals surface area contributed by atoms with Gasteiger partial charge in [0.1, 0.15) is 5.75 Å². The first-order chi connectivity index (χ1) is 14.1. The maximum absolute atomic E-state index is 12.7. The van der Waals surface area contributed by atoms with Crippen LogP contribution in [0, 0.1) is 5.92 Å². The van der Waals surface area contributed by atoms with Gasteiger partial charge < -0.3 is 19.7 Å². The first-order valence-corrected chi connectivity index (χ1v) is 10.8. The molecule has 1 unspecified atom stereocenters. The van der Waals surface area contributed by atoms with E-state index in [-0.39, 0.29) is 17.7 Å². The van der Waals surface area contributed by atoms with E-state index in [0.717, 1.165) is 69.9 Å². The summed E-state index contributed by atoms with van der Waals surface area (Å²) < 4.78 is 11.3. The van der Waals surface area contributed by atoms with Gasteiger partial charge in [-0.2, -0.15) is 0 Å². The van der Waals surface area contributed by atoms with Crippen molar-refractivity contribution in [2.75, 3.05) is 49.6 Å². The number of amides is 2. The van der Waals surface area contributed by atoms with Crippen molar-refractivity contribution in [1.82, 2.24) is 4.90 Å². The zero-order valence-electron chi connectivity index (χ0n) is 17.2. The number of carbonyl (C=O) groups is 2. The molecule has 1 saturated carbocycles. The lowest BCUT2D eigenvalue weighted by molar-refractivity contribution is -0.125. The highest BCUT2D eigenvalue weighted by Gasteiger charge is 2.32. The number of nitrogens with zero attached hydrogens (tertiary/aromatic N) is 2. The van der Waals surface area contributed by atoms with Crippen LogP contribution in [0.25, 0.3) is 0 Å². The van der Waals surface area contributed by atoms with Crippen molar-refractivity contribution in [1.29, 1.82) is 0 Å². The fourth-order valence-electron chi connectivity index (χ4n) is 4.39. The SMILES string of the molecule is CC1Oc2cc(NC(=O)C3CCCCC3)ccc2N(CCN2CCOCC2)C1=O. The second kappa shape index (κ2) is 9.13. The molecule has 158 valence electrons. The van der Waals surface area contributed by atoms with Crippen LogP contribution in [0.1, 0.15) is 39.0 Å². The number of nitrogens with one attached hydrogen (secondary N) is 1. The van der Waals surface area contributed by atoms with Crippen molar-refractivity contribution in [2.45, 2.75) is 45.1 Å². The summed E-state index contributed by atoms with van der Waals surface area (Å²) in [6.07, 6.45) is 4.88. The minimum Gasteiger partial charge on any atom is -0.479 e. The molecular formula is C22H31N3O4. The molecule has 0 bridgehead atoms. The molecule has 7 heteroatoms. The van der Waals surface area contributed by atoms with Gasteiger partial charge in [-0.3, -0.25) is 14.5 Å². The zero-order chi connectivity index (χ0) is 20.2. The summed E-state index contributed by atoms with van der Waals surface area (Å²) >= 11 is 0. The van der Waals surface area contributed by atoms with Gasteiger partial charge in [0.05, 0.1) is 18.9 Å². The van der Waals surface area contributed by atoms with Gasteiger partial charge in [0.15, 0.2) is 6.10 Å². The van der Waals surface area contributed by atoms with Crippen molar-refractivity contribution in [3.63, 3.8) is 0 Å².